The van der Waals surface area contributed by atoms with Crippen LogP contribution in [-0.4, -0.2) is 17.6 Å². The first-order valence-electron chi connectivity index (χ1n) is 4.13. The van der Waals surface area contributed by atoms with Crippen LogP contribution in [0, 0.1) is 6.92 Å². The lowest BCUT2D eigenvalue weighted by Gasteiger charge is -2.16. The summed E-state index contributed by atoms with van der Waals surface area (Å²) in [5, 5.41) is 4.37. The summed E-state index contributed by atoms with van der Waals surface area (Å²) >= 11 is 0. The summed E-state index contributed by atoms with van der Waals surface area (Å²) in [6.45, 7) is 8.44. The molecule has 0 saturated carbocycles. The second kappa shape index (κ2) is 2.65. The maximum Gasteiger partial charge on any atom is 0.141 e. The van der Waals surface area contributed by atoms with Crippen LogP contribution in [0.1, 0.15) is 32.0 Å². The van der Waals surface area contributed by atoms with Crippen LogP contribution in [0.2, 0.25) is 0 Å². The standard InChI is InChI=1S/C9H15BN2/c1-6-7(9(2,3)4)11-12(5)8(6)10/h1-5H3. The van der Waals surface area contributed by atoms with Crippen LogP contribution >= 0.6 is 0 Å². The minimum atomic E-state index is 0.0828. The predicted molar refractivity (Wildman–Crippen MR) is 52.0 cm³/mol. The first kappa shape index (κ1) is 9.36. The highest BCUT2D eigenvalue weighted by molar-refractivity contribution is 6.31. The molecular formula is C9H15BN2. The van der Waals surface area contributed by atoms with Crippen LogP contribution in [0.5, 0.6) is 0 Å². The molecule has 0 amide bonds. The Morgan fingerprint density at radius 3 is 2.00 bits per heavy atom. The van der Waals surface area contributed by atoms with E-state index in [0.29, 0.717) is 0 Å². The van der Waals surface area contributed by atoms with Crippen molar-refractivity contribution in [3.8, 4) is 0 Å². The van der Waals surface area contributed by atoms with E-state index in [2.05, 4.69) is 25.9 Å². The molecular weight excluding hydrogens is 147 g/mol. The van der Waals surface area contributed by atoms with Gasteiger partial charge in [-0.15, -0.1) is 0 Å². The first-order chi connectivity index (χ1) is 5.34. The van der Waals surface area contributed by atoms with E-state index in [1.807, 2.05) is 14.0 Å². The fourth-order valence-corrected chi connectivity index (χ4v) is 1.36. The Balaban J connectivity index is 3.28. The van der Waals surface area contributed by atoms with E-state index < -0.39 is 0 Å². The maximum atomic E-state index is 5.80. The SMILES string of the molecule is [B]c1c(C)c(C(C)(C)C)nn1C. The Bertz CT molecular complexity index is 294. The molecule has 64 valence electrons. The third kappa shape index (κ3) is 1.40. The van der Waals surface area contributed by atoms with Gasteiger partial charge in [-0.25, -0.2) is 0 Å². The summed E-state index contributed by atoms with van der Waals surface area (Å²) in [6, 6.07) is 0. The van der Waals surface area contributed by atoms with Crippen LogP contribution in [0.3, 0.4) is 0 Å². The second-order valence-corrected chi connectivity index (χ2v) is 4.23. The molecule has 0 aromatic carbocycles. The van der Waals surface area contributed by atoms with Crippen molar-refractivity contribution in [2.45, 2.75) is 33.1 Å². The molecule has 0 aliphatic heterocycles. The molecule has 0 bridgehead atoms. The number of hydrogen-bond donors (Lipinski definition) is 0. The Morgan fingerprint density at radius 2 is 1.83 bits per heavy atom. The molecule has 0 aliphatic rings. The largest absolute Gasteiger partial charge is 0.283 e. The molecule has 0 atom stereocenters. The van der Waals surface area contributed by atoms with Gasteiger partial charge in [0.1, 0.15) is 7.85 Å². The number of nitrogens with zero attached hydrogens (tertiary/aromatic N) is 2. The summed E-state index contributed by atoms with van der Waals surface area (Å²) in [4.78, 5) is 0. The van der Waals surface area contributed by atoms with Crippen molar-refractivity contribution >= 4 is 13.4 Å². The normalized spacial score (nSPS) is 12.1. The van der Waals surface area contributed by atoms with E-state index in [1.54, 1.807) is 4.68 Å². The third-order valence-electron chi connectivity index (χ3n) is 2.05. The Labute approximate surface area is 75.4 Å². The lowest BCUT2D eigenvalue weighted by Crippen LogP contribution is -2.16. The van der Waals surface area contributed by atoms with Gasteiger partial charge in [-0.2, -0.15) is 5.10 Å². The van der Waals surface area contributed by atoms with Crippen LogP contribution in [0.25, 0.3) is 0 Å². The molecule has 0 aliphatic carbocycles. The van der Waals surface area contributed by atoms with E-state index in [0.717, 1.165) is 16.9 Å². The zero-order valence-corrected chi connectivity index (χ0v) is 8.47. The minimum Gasteiger partial charge on any atom is -0.283 e. The van der Waals surface area contributed by atoms with Crippen molar-refractivity contribution in [3.05, 3.63) is 11.3 Å². The molecule has 0 fully saturated rings. The van der Waals surface area contributed by atoms with Gasteiger partial charge in [-0.1, -0.05) is 20.8 Å². The van der Waals surface area contributed by atoms with Gasteiger partial charge in [-0.05, 0) is 18.1 Å². The topological polar surface area (TPSA) is 17.8 Å². The lowest BCUT2D eigenvalue weighted by molar-refractivity contribution is 0.551. The van der Waals surface area contributed by atoms with E-state index in [-0.39, 0.29) is 5.41 Å². The van der Waals surface area contributed by atoms with Crippen LogP contribution in [0.15, 0.2) is 0 Å². The lowest BCUT2D eigenvalue weighted by atomic mass is 9.86. The number of rotatable bonds is 0. The molecule has 12 heavy (non-hydrogen) atoms. The molecule has 1 heterocycles. The Morgan fingerprint density at radius 1 is 1.33 bits per heavy atom. The summed E-state index contributed by atoms with van der Waals surface area (Å²) in [7, 11) is 7.67. The van der Waals surface area contributed by atoms with E-state index >= 15 is 0 Å². The van der Waals surface area contributed by atoms with Gasteiger partial charge in [0, 0.05) is 12.5 Å². The summed E-state index contributed by atoms with van der Waals surface area (Å²) in [6.07, 6.45) is 0. The fraction of sp³-hybridized carbons (Fsp3) is 0.667. The fourth-order valence-electron chi connectivity index (χ4n) is 1.36. The molecule has 0 spiro atoms. The highest BCUT2D eigenvalue weighted by Gasteiger charge is 2.21. The average Bonchev–Trinajstić information content (AvgIpc) is 2.15. The smallest absolute Gasteiger partial charge is 0.141 e. The average molecular weight is 162 g/mol. The van der Waals surface area contributed by atoms with Gasteiger partial charge >= 0.3 is 0 Å². The molecule has 3 heteroatoms. The summed E-state index contributed by atoms with van der Waals surface area (Å²) in [5.41, 5.74) is 3.03. The highest BCUT2D eigenvalue weighted by atomic mass is 15.3. The van der Waals surface area contributed by atoms with Crippen molar-refractivity contribution in [2.24, 2.45) is 7.05 Å². The number of aromatic nitrogens is 2. The van der Waals surface area contributed by atoms with Gasteiger partial charge in [-0.3, -0.25) is 4.68 Å². The van der Waals surface area contributed by atoms with Crippen molar-refractivity contribution in [1.82, 2.24) is 9.78 Å². The molecule has 0 saturated heterocycles. The Kier molecular flexibility index (Phi) is 2.07. The molecule has 1 rings (SSSR count). The zero-order valence-electron chi connectivity index (χ0n) is 8.47. The van der Waals surface area contributed by atoms with Gasteiger partial charge in [0.05, 0.1) is 5.69 Å². The quantitative estimate of drug-likeness (QED) is 0.516. The van der Waals surface area contributed by atoms with Crippen molar-refractivity contribution in [1.29, 1.82) is 0 Å². The molecule has 2 radical (unpaired) electrons. The van der Waals surface area contributed by atoms with Gasteiger partial charge in [0.15, 0.2) is 0 Å². The monoisotopic (exact) mass is 162 g/mol. The van der Waals surface area contributed by atoms with Gasteiger partial charge in [0.25, 0.3) is 0 Å². The molecule has 1 aromatic rings. The number of hydrogen-bond acceptors (Lipinski definition) is 1. The minimum absolute atomic E-state index is 0.0828. The zero-order chi connectivity index (χ0) is 9.52. The predicted octanol–water partition coefficient (Wildman–Crippen LogP) is 0.820. The van der Waals surface area contributed by atoms with E-state index in [9.17, 15) is 0 Å². The van der Waals surface area contributed by atoms with E-state index in [4.69, 9.17) is 7.85 Å². The van der Waals surface area contributed by atoms with Gasteiger partial charge in [0.2, 0.25) is 0 Å². The molecule has 1 aromatic heterocycles. The first-order valence-corrected chi connectivity index (χ1v) is 4.13. The molecule has 2 nitrogen and oxygen atoms in total. The Hall–Kier alpha value is -0.725. The summed E-state index contributed by atoms with van der Waals surface area (Å²) in [5.74, 6) is 0. The maximum absolute atomic E-state index is 5.80. The van der Waals surface area contributed by atoms with Crippen LogP contribution < -0.4 is 5.59 Å². The van der Waals surface area contributed by atoms with Crippen molar-refractivity contribution in [3.63, 3.8) is 0 Å². The van der Waals surface area contributed by atoms with Crippen molar-refractivity contribution < 1.29 is 0 Å². The van der Waals surface area contributed by atoms with Crippen LogP contribution in [0.4, 0.5) is 0 Å². The molecule has 0 N–H and O–H groups in total. The van der Waals surface area contributed by atoms with E-state index in [1.165, 1.54) is 0 Å². The van der Waals surface area contributed by atoms with Crippen LogP contribution in [-0.2, 0) is 12.5 Å². The van der Waals surface area contributed by atoms with Gasteiger partial charge < -0.3 is 0 Å². The summed E-state index contributed by atoms with van der Waals surface area (Å²) < 4.78 is 1.73. The van der Waals surface area contributed by atoms with Crippen molar-refractivity contribution in [2.75, 3.05) is 0 Å². The number of aryl methyl sites for hydroxylation is 1. The highest BCUT2D eigenvalue weighted by Crippen LogP contribution is 2.21. The third-order valence-corrected chi connectivity index (χ3v) is 2.05. The second-order valence-electron chi connectivity index (χ2n) is 4.23. The molecule has 0 unspecified atom stereocenters.